The van der Waals surface area contributed by atoms with Crippen molar-refractivity contribution < 1.29 is 4.42 Å². The van der Waals surface area contributed by atoms with Crippen molar-refractivity contribution >= 4 is 0 Å². The first kappa shape index (κ1) is 9.50. The summed E-state index contributed by atoms with van der Waals surface area (Å²) in [7, 11) is 0. The zero-order valence-corrected chi connectivity index (χ0v) is 9.75. The fourth-order valence-electron chi connectivity index (χ4n) is 3.80. The van der Waals surface area contributed by atoms with Gasteiger partial charge in [0.05, 0.1) is 6.26 Å². The van der Waals surface area contributed by atoms with Gasteiger partial charge in [0.2, 0.25) is 0 Å². The van der Waals surface area contributed by atoms with Crippen molar-refractivity contribution in [3.63, 3.8) is 0 Å². The molecule has 1 heteroatoms. The van der Waals surface area contributed by atoms with E-state index < -0.39 is 0 Å². The van der Waals surface area contributed by atoms with Gasteiger partial charge in [0, 0.05) is 5.92 Å². The van der Waals surface area contributed by atoms with Crippen molar-refractivity contribution in [1.29, 1.82) is 0 Å². The molecule has 1 fully saturated rings. The molecule has 0 spiro atoms. The minimum atomic E-state index is 0.521. The summed E-state index contributed by atoms with van der Waals surface area (Å²) in [6.07, 6.45) is 8.59. The summed E-state index contributed by atoms with van der Waals surface area (Å²) >= 11 is 0. The molecule has 0 saturated heterocycles. The van der Waals surface area contributed by atoms with E-state index in [-0.39, 0.29) is 0 Å². The summed E-state index contributed by atoms with van der Waals surface area (Å²) < 4.78 is 5.72. The molecule has 1 aromatic rings. The standard InChI is InChI=1S/C14H20O/c1-14(2)8-3-4-11-12(14)6-5-10-7-9-15-13(10)11/h7,9,11-12H,3-6,8H2,1-2H3/t11-,12+/m0/s1. The molecule has 3 rings (SSSR count). The lowest BCUT2D eigenvalue weighted by molar-refractivity contribution is 0.0860. The van der Waals surface area contributed by atoms with Crippen LogP contribution in [0.25, 0.3) is 0 Å². The van der Waals surface area contributed by atoms with Crippen molar-refractivity contribution in [2.75, 3.05) is 0 Å². The van der Waals surface area contributed by atoms with Crippen LogP contribution in [0.15, 0.2) is 16.7 Å². The summed E-state index contributed by atoms with van der Waals surface area (Å²) in [5.74, 6) is 2.89. The molecule has 2 atom stereocenters. The third-order valence-electron chi connectivity index (χ3n) is 4.67. The Hall–Kier alpha value is -0.720. The molecule has 1 heterocycles. The lowest BCUT2D eigenvalue weighted by Gasteiger charge is -2.45. The molecule has 0 N–H and O–H groups in total. The maximum Gasteiger partial charge on any atom is 0.110 e. The first-order chi connectivity index (χ1) is 7.18. The lowest BCUT2D eigenvalue weighted by atomic mass is 9.59. The summed E-state index contributed by atoms with van der Waals surface area (Å²) in [6.45, 7) is 4.88. The van der Waals surface area contributed by atoms with Gasteiger partial charge < -0.3 is 4.42 Å². The second-order valence-corrected chi connectivity index (χ2v) is 5.94. The summed E-state index contributed by atoms with van der Waals surface area (Å²) in [4.78, 5) is 0. The third kappa shape index (κ3) is 1.36. The van der Waals surface area contributed by atoms with E-state index in [1.165, 1.54) is 43.4 Å². The SMILES string of the molecule is CC1(C)CCC[C@@H]2c3occc3CC[C@H]21. The molecule has 1 aromatic heterocycles. The van der Waals surface area contributed by atoms with Gasteiger partial charge in [-0.25, -0.2) is 0 Å². The minimum Gasteiger partial charge on any atom is -0.469 e. The van der Waals surface area contributed by atoms with Gasteiger partial charge in [-0.1, -0.05) is 20.3 Å². The molecule has 0 unspecified atom stereocenters. The van der Waals surface area contributed by atoms with Gasteiger partial charge in [-0.2, -0.15) is 0 Å². The Balaban J connectivity index is 1.99. The van der Waals surface area contributed by atoms with Crippen molar-refractivity contribution in [2.45, 2.75) is 51.9 Å². The molecule has 0 bridgehead atoms. The van der Waals surface area contributed by atoms with Crippen molar-refractivity contribution in [3.05, 3.63) is 23.7 Å². The van der Waals surface area contributed by atoms with Crippen LogP contribution in [0.2, 0.25) is 0 Å². The van der Waals surface area contributed by atoms with E-state index in [4.69, 9.17) is 4.42 Å². The molecule has 2 aliphatic carbocycles. The quantitative estimate of drug-likeness (QED) is 0.619. The Morgan fingerprint density at radius 1 is 1.33 bits per heavy atom. The molecule has 1 saturated carbocycles. The van der Waals surface area contributed by atoms with Gasteiger partial charge in [0.15, 0.2) is 0 Å². The molecular formula is C14H20O. The van der Waals surface area contributed by atoms with Crippen LogP contribution in [0.3, 0.4) is 0 Å². The van der Waals surface area contributed by atoms with Crippen molar-refractivity contribution in [1.82, 2.24) is 0 Å². The highest BCUT2D eigenvalue weighted by Crippen LogP contribution is 2.53. The molecule has 82 valence electrons. The highest BCUT2D eigenvalue weighted by atomic mass is 16.3. The van der Waals surface area contributed by atoms with Crippen molar-refractivity contribution in [2.24, 2.45) is 11.3 Å². The molecule has 1 nitrogen and oxygen atoms in total. The van der Waals surface area contributed by atoms with E-state index in [9.17, 15) is 0 Å². The van der Waals surface area contributed by atoms with Gasteiger partial charge >= 0.3 is 0 Å². The minimum absolute atomic E-state index is 0.521. The third-order valence-corrected chi connectivity index (χ3v) is 4.67. The number of hydrogen-bond acceptors (Lipinski definition) is 1. The normalized spacial score (nSPS) is 33.2. The molecule has 0 radical (unpaired) electrons. The maximum atomic E-state index is 5.72. The fourth-order valence-corrected chi connectivity index (χ4v) is 3.80. The zero-order valence-electron chi connectivity index (χ0n) is 9.75. The highest BCUT2D eigenvalue weighted by Gasteiger charge is 2.43. The average Bonchev–Trinajstić information content (AvgIpc) is 2.65. The predicted molar refractivity (Wildman–Crippen MR) is 60.9 cm³/mol. The lowest BCUT2D eigenvalue weighted by Crippen LogP contribution is -2.36. The smallest absolute Gasteiger partial charge is 0.110 e. The van der Waals surface area contributed by atoms with Crippen LogP contribution in [0, 0.1) is 11.3 Å². The number of fused-ring (bicyclic) bond motifs is 3. The van der Waals surface area contributed by atoms with Crippen LogP contribution in [0.4, 0.5) is 0 Å². The van der Waals surface area contributed by atoms with E-state index in [0.717, 1.165) is 5.92 Å². The van der Waals surface area contributed by atoms with Crippen molar-refractivity contribution in [3.8, 4) is 0 Å². The zero-order chi connectivity index (χ0) is 10.5. The Labute approximate surface area is 91.9 Å². The second kappa shape index (κ2) is 3.13. The van der Waals surface area contributed by atoms with Crippen LogP contribution in [-0.4, -0.2) is 0 Å². The van der Waals surface area contributed by atoms with Crippen LogP contribution in [0.1, 0.15) is 56.8 Å². The fraction of sp³-hybridized carbons (Fsp3) is 0.714. The second-order valence-electron chi connectivity index (χ2n) is 5.94. The number of furan rings is 1. The number of hydrogen-bond donors (Lipinski definition) is 0. The predicted octanol–water partition coefficient (Wildman–Crippen LogP) is 4.14. The molecular weight excluding hydrogens is 184 g/mol. The Bertz CT molecular complexity index is 361. The van der Waals surface area contributed by atoms with Crippen LogP contribution >= 0.6 is 0 Å². The summed E-state index contributed by atoms with van der Waals surface area (Å²) in [6, 6.07) is 2.17. The molecule has 0 aliphatic heterocycles. The van der Waals surface area contributed by atoms with E-state index >= 15 is 0 Å². The van der Waals surface area contributed by atoms with Gasteiger partial charge in [0.1, 0.15) is 5.76 Å². The molecule has 0 amide bonds. The molecule has 15 heavy (non-hydrogen) atoms. The Morgan fingerprint density at radius 2 is 2.20 bits per heavy atom. The first-order valence-corrected chi connectivity index (χ1v) is 6.25. The Morgan fingerprint density at radius 3 is 3.07 bits per heavy atom. The topological polar surface area (TPSA) is 13.1 Å². The van der Waals surface area contributed by atoms with E-state index in [1.54, 1.807) is 0 Å². The average molecular weight is 204 g/mol. The summed E-state index contributed by atoms with van der Waals surface area (Å²) in [5.41, 5.74) is 2.00. The van der Waals surface area contributed by atoms with Gasteiger partial charge in [-0.3, -0.25) is 0 Å². The number of rotatable bonds is 0. The van der Waals surface area contributed by atoms with Gasteiger partial charge in [-0.15, -0.1) is 0 Å². The summed E-state index contributed by atoms with van der Waals surface area (Å²) in [5, 5.41) is 0. The van der Waals surface area contributed by atoms with E-state index in [1.807, 2.05) is 6.26 Å². The monoisotopic (exact) mass is 204 g/mol. The molecule has 0 aromatic carbocycles. The maximum absolute atomic E-state index is 5.72. The van der Waals surface area contributed by atoms with Gasteiger partial charge in [0.25, 0.3) is 0 Å². The first-order valence-electron chi connectivity index (χ1n) is 6.25. The largest absolute Gasteiger partial charge is 0.469 e. The van der Waals surface area contributed by atoms with Crippen LogP contribution < -0.4 is 0 Å². The van der Waals surface area contributed by atoms with Gasteiger partial charge in [-0.05, 0) is 48.6 Å². The van der Waals surface area contributed by atoms with Crippen LogP contribution in [-0.2, 0) is 6.42 Å². The Kier molecular flexibility index (Phi) is 1.99. The van der Waals surface area contributed by atoms with Crippen LogP contribution in [0.5, 0.6) is 0 Å². The van der Waals surface area contributed by atoms with E-state index in [0.29, 0.717) is 11.3 Å². The highest BCUT2D eigenvalue weighted by molar-refractivity contribution is 5.26. The molecule has 2 aliphatic rings. The van der Waals surface area contributed by atoms with E-state index in [2.05, 4.69) is 19.9 Å². The number of aryl methyl sites for hydroxylation is 1.